The summed E-state index contributed by atoms with van der Waals surface area (Å²) in [4.78, 5) is 0. The number of hydrogen-bond donors (Lipinski definition) is 2. The summed E-state index contributed by atoms with van der Waals surface area (Å²) in [6, 6.07) is 0. The molecule has 0 bridgehead atoms. The first-order valence-electron chi connectivity index (χ1n) is 6.15. The van der Waals surface area contributed by atoms with Crippen molar-refractivity contribution in [2.45, 2.75) is 58.3 Å². The number of nitrogens with zero attached hydrogens (tertiary/aromatic N) is 2. The van der Waals surface area contributed by atoms with E-state index in [1.54, 1.807) is 0 Å². The molecule has 2 saturated heterocycles. The predicted molar refractivity (Wildman–Crippen MR) is 61.7 cm³/mol. The Hall–Kier alpha value is -0.160. The highest BCUT2D eigenvalue weighted by molar-refractivity contribution is 4.94. The second kappa shape index (κ2) is 3.70. The molecule has 0 saturated carbocycles. The maximum absolute atomic E-state index is 3.42. The minimum atomic E-state index is 0.292. The molecule has 0 aromatic rings. The molecule has 2 unspecified atom stereocenters. The zero-order valence-electron chi connectivity index (χ0n) is 10.4. The summed E-state index contributed by atoms with van der Waals surface area (Å²) >= 11 is 0. The lowest BCUT2D eigenvalue weighted by Gasteiger charge is -2.08. The van der Waals surface area contributed by atoms with Crippen molar-refractivity contribution in [3.8, 4) is 0 Å². The number of rotatable bonds is 6. The van der Waals surface area contributed by atoms with E-state index in [0.29, 0.717) is 11.3 Å². The van der Waals surface area contributed by atoms with Crippen LogP contribution in [0.3, 0.4) is 0 Å². The third-order valence-electron chi connectivity index (χ3n) is 3.98. The van der Waals surface area contributed by atoms with Crippen LogP contribution < -0.4 is 10.9 Å². The second-order valence-electron chi connectivity index (χ2n) is 5.14. The Labute approximate surface area is 92.9 Å². The van der Waals surface area contributed by atoms with Crippen LogP contribution >= 0.6 is 0 Å². The van der Waals surface area contributed by atoms with Gasteiger partial charge in [-0.05, 0) is 33.1 Å². The van der Waals surface area contributed by atoms with Crippen molar-refractivity contribution in [3.05, 3.63) is 0 Å². The summed E-state index contributed by atoms with van der Waals surface area (Å²) in [7, 11) is 0. The van der Waals surface area contributed by atoms with Gasteiger partial charge in [0.2, 0.25) is 0 Å². The minimum Gasteiger partial charge on any atom is -0.232 e. The summed E-state index contributed by atoms with van der Waals surface area (Å²) in [6.07, 6.45) is 3.59. The van der Waals surface area contributed by atoms with Gasteiger partial charge in [-0.1, -0.05) is 13.8 Å². The van der Waals surface area contributed by atoms with E-state index in [4.69, 9.17) is 0 Å². The van der Waals surface area contributed by atoms with E-state index in [2.05, 4.69) is 48.6 Å². The van der Waals surface area contributed by atoms with Gasteiger partial charge in [0.05, 0.1) is 11.3 Å². The molecule has 4 nitrogen and oxygen atoms in total. The normalized spacial score (nSPS) is 48.0. The Morgan fingerprint density at radius 1 is 0.867 bits per heavy atom. The fourth-order valence-electron chi connectivity index (χ4n) is 2.06. The third-order valence-corrected chi connectivity index (χ3v) is 3.98. The molecular weight excluding hydrogens is 188 g/mol. The fraction of sp³-hybridized carbons (Fsp3) is 1.00. The molecule has 4 atom stereocenters. The highest BCUT2D eigenvalue weighted by Crippen LogP contribution is 2.30. The molecule has 2 rings (SSSR count). The lowest BCUT2D eigenvalue weighted by atomic mass is 10.2. The average Bonchev–Trinajstić information content (AvgIpc) is 3.07. The van der Waals surface area contributed by atoms with Crippen molar-refractivity contribution in [1.29, 1.82) is 0 Å². The van der Waals surface area contributed by atoms with E-state index in [1.165, 1.54) is 19.3 Å². The lowest BCUT2D eigenvalue weighted by Crippen LogP contribution is -2.18. The van der Waals surface area contributed by atoms with Crippen LogP contribution in [0.4, 0.5) is 0 Å². The summed E-state index contributed by atoms with van der Waals surface area (Å²) < 4.78 is 0. The van der Waals surface area contributed by atoms with Gasteiger partial charge in [-0.25, -0.2) is 20.9 Å². The zero-order valence-corrected chi connectivity index (χ0v) is 10.4. The van der Waals surface area contributed by atoms with Gasteiger partial charge in [-0.3, -0.25) is 0 Å². The molecular formula is C11H24N4. The number of hydrazine groups is 2. The predicted octanol–water partition coefficient (Wildman–Crippen LogP) is 1.27. The molecule has 88 valence electrons. The minimum absolute atomic E-state index is 0.292. The van der Waals surface area contributed by atoms with Gasteiger partial charge in [-0.15, -0.1) is 0 Å². The van der Waals surface area contributed by atoms with E-state index < -0.39 is 0 Å². The Bertz CT molecular complexity index is 221. The van der Waals surface area contributed by atoms with Crippen LogP contribution in [-0.2, 0) is 0 Å². The quantitative estimate of drug-likeness (QED) is 0.651. The van der Waals surface area contributed by atoms with Crippen molar-refractivity contribution in [3.63, 3.8) is 0 Å². The van der Waals surface area contributed by atoms with Crippen LogP contribution in [0.2, 0.25) is 0 Å². The Kier molecular flexibility index (Phi) is 2.79. The summed E-state index contributed by atoms with van der Waals surface area (Å²) in [5, 5.41) is 4.69. The van der Waals surface area contributed by atoms with Crippen molar-refractivity contribution >= 4 is 0 Å². The van der Waals surface area contributed by atoms with Gasteiger partial charge in [0, 0.05) is 13.1 Å². The number of nitrogens with one attached hydrogen (secondary N) is 2. The van der Waals surface area contributed by atoms with Crippen molar-refractivity contribution in [2.75, 3.05) is 13.1 Å². The van der Waals surface area contributed by atoms with E-state index in [-0.39, 0.29) is 0 Å². The smallest absolute Gasteiger partial charge is 0.0943 e. The van der Waals surface area contributed by atoms with Crippen molar-refractivity contribution in [2.24, 2.45) is 0 Å². The molecule has 0 aromatic heterocycles. The lowest BCUT2D eigenvalue weighted by molar-refractivity contribution is 0.351. The maximum atomic E-state index is 3.42. The molecule has 2 aliphatic rings. The van der Waals surface area contributed by atoms with E-state index in [0.717, 1.165) is 13.1 Å². The summed E-state index contributed by atoms with van der Waals surface area (Å²) in [5.41, 5.74) is 7.42. The van der Waals surface area contributed by atoms with Gasteiger partial charge >= 0.3 is 0 Å². The standard InChI is InChI=1S/C11H24N4/c1-5-10(3)12-14(10)8-7-9-15-11(4,6-2)13-15/h12-13H,5-9H2,1-4H3/t10-,11+,14?,15?. The molecule has 15 heavy (non-hydrogen) atoms. The van der Waals surface area contributed by atoms with Crippen LogP contribution in [0.15, 0.2) is 0 Å². The molecule has 2 heterocycles. The Balaban J connectivity index is 1.58. The molecule has 2 aliphatic heterocycles. The summed E-state index contributed by atoms with van der Waals surface area (Å²) in [6.45, 7) is 11.3. The van der Waals surface area contributed by atoms with Crippen LogP contribution in [0.25, 0.3) is 0 Å². The van der Waals surface area contributed by atoms with Gasteiger partial charge < -0.3 is 0 Å². The monoisotopic (exact) mass is 212 g/mol. The van der Waals surface area contributed by atoms with Crippen LogP contribution in [0, 0.1) is 0 Å². The average molecular weight is 212 g/mol. The van der Waals surface area contributed by atoms with Crippen molar-refractivity contribution < 1.29 is 0 Å². The molecule has 2 fully saturated rings. The van der Waals surface area contributed by atoms with E-state index in [1.807, 2.05) is 0 Å². The highest BCUT2D eigenvalue weighted by Gasteiger charge is 2.47. The van der Waals surface area contributed by atoms with Gasteiger partial charge in [0.25, 0.3) is 0 Å². The Morgan fingerprint density at radius 3 is 1.53 bits per heavy atom. The van der Waals surface area contributed by atoms with E-state index in [9.17, 15) is 0 Å². The Morgan fingerprint density at radius 2 is 1.27 bits per heavy atom. The molecule has 0 spiro atoms. The van der Waals surface area contributed by atoms with Gasteiger partial charge in [0.15, 0.2) is 0 Å². The molecule has 0 radical (unpaired) electrons. The van der Waals surface area contributed by atoms with Gasteiger partial charge in [0.1, 0.15) is 0 Å². The van der Waals surface area contributed by atoms with Crippen LogP contribution in [-0.4, -0.2) is 34.4 Å². The van der Waals surface area contributed by atoms with E-state index >= 15 is 0 Å². The largest absolute Gasteiger partial charge is 0.232 e. The van der Waals surface area contributed by atoms with Crippen LogP contribution in [0.5, 0.6) is 0 Å². The first kappa shape index (κ1) is 11.3. The van der Waals surface area contributed by atoms with Crippen molar-refractivity contribution in [1.82, 2.24) is 20.9 Å². The molecule has 0 amide bonds. The van der Waals surface area contributed by atoms with Crippen LogP contribution in [0.1, 0.15) is 47.0 Å². The molecule has 0 aliphatic carbocycles. The molecule has 0 aromatic carbocycles. The highest BCUT2D eigenvalue weighted by atomic mass is 15.8. The first-order valence-corrected chi connectivity index (χ1v) is 6.15. The topological polar surface area (TPSA) is 49.9 Å². The maximum Gasteiger partial charge on any atom is 0.0943 e. The number of hydrogen-bond acceptors (Lipinski definition) is 4. The second-order valence-corrected chi connectivity index (χ2v) is 5.14. The molecule has 2 N–H and O–H groups in total. The fourth-order valence-corrected chi connectivity index (χ4v) is 2.06. The first-order chi connectivity index (χ1) is 7.04. The SMILES string of the molecule is CC[C@@]1(C)NN1CCCN1N[C@@]1(C)CC. The zero-order chi connectivity index (χ0) is 11.1. The third kappa shape index (κ3) is 2.18. The van der Waals surface area contributed by atoms with Gasteiger partial charge in [-0.2, -0.15) is 0 Å². The summed E-state index contributed by atoms with van der Waals surface area (Å²) in [5.74, 6) is 0. The molecule has 4 heteroatoms.